The molecule has 0 aromatic heterocycles. The molecule has 0 radical (unpaired) electrons. The molecule has 37 heavy (non-hydrogen) atoms. The van der Waals surface area contributed by atoms with Crippen molar-refractivity contribution in [2.24, 2.45) is 0 Å². The molecule has 2 heterocycles. The van der Waals surface area contributed by atoms with Crippen molar-refractivity contribution < 1.29 is 61.9 Å². The fraction of sp³-hybridized carbons (Fsp3) is 0.652. The molecule has 2 aliphatic heterocycles. The highest BCUT2D eigenvalue weighted by atomic mass is 16.7. The van der Waals surface area contributed by atoms with Gasteiger partial charge in [-0.1, -0.05) is 6.08 Å². The van der Waals surface area contributed by atoms with Gasteiger partial charge in [-0.2, -0.15) is 5.26 Å². The van der Waals surface area contributed by atoms with Crippen molar-refractivity contribution in [3.63, 3.8) is 0 Å². The van der Waals surface area contributed by atoms with Gasteiger partial charge in [0.1, 0.15) is 31.5 Å². The van der Waals surface area contributed by atoms with Crippen molar-refractivity contribution in [3.05, 3.63) is 12.2 Å². The highest BCUT2D eigenvalue weighted by molar-refractivity contribution is 5.68. The van der Waals surface area contributed by atoms with Crippen molar-refractivity contribution in [3.8, 4) is 6.07 Å². The number of hydrogen-bond donors (Lipinski definition) is 0. The maximum absolute atomic E-state index is 11.9. The van der Waals surface area contributed by atoms with E-state index < -0.39 is 85.5 Å². The summed E-state index contributed by atoms with van der Waals surface area (Å²) in [6, 6.07) is 1.91. The summed E-state index contributed by atoms with van der Waals surface area (Å²) in [5, 5.41) is 9.21. The van der Waals surface area contributed by atoms with E-state index in [-0.39, 0.29) is 6.61 Å². The van der Waals surface area contributed by atoms with Crippen LogP contribution in [0, 0.1) is 11.3 Å². The van der Waals surface area contributed by atoms with Gasteiger partial charge in [0, 0.05) is 34.6 Å². The third-order valence-electron chi connectivity index (χ3n) is 4.98. The maximum atomic E-state index is 11.9. The van der Waals surface area contributed by atoms with Gasteiger partial charge in [-0.25, -0.2) is 0 Å². The molecule has 0 spiro atoms. The first-order valence-corrected chi connectivity index (χ1v) is 11.2. The van der Waals surface area contributed by atoms with E-state index in [9.17, 15) is 29.2 Å². The number of rotatable bonds is 9. The van der Waals surface area contributed by atoms with Gasteiger partial charge in [0.25, 0.3) is 0 Å². The summed E-state index contributed by atoms with van der Waals surface area (Å²) in [6.45, 7) is 4.92. The van der Waals surface area contributed by atoms with Crippen molar-refractivity contribution in [1.29, 1.82) is 5.26 Å². The monoisotopic (exact) mass is 527 g/mol. The lowest BCUT2D eigenvalue weighted by Gasteiger charge is -2.45. The standard InChI is InChI=1S/C23H29NO13/c1-11(25)30-9-18-17(7-6-16(8-24)35-18)36-23-22(34-15(5)29)21(33-14(4)28)20(32-13(3)27)19(37-23)10-31-12(2)26/h6-7,16-23H,9-10H2,1-5H3/t16-,17-,18+,19+,20+,21-,22+,23+/m0/s1. The highest BCUT2D eigenvalue weighted by Gasteiger charge is 2.53. The second-order valence-corrected chi connectivity index (χ2v) is 8.08. The third-order valence-corrected chi connectivity index (χ3v) is 4.98. The van der Waals surface area contributed by atoms with E-state index in [2.05, 4.69) is 0 Å². The molecule has 0 aromatic carbocycles. The van der Waals surface area contributed by atoms with E-state index in [0.717, 1.165) is 27.7 Å². The van der Waals surface area contributed by atoms with Gasteiger partial charge in [-0.3, -0.25) is 24.0 Å². The van der Waals surface area contributed by atoms with Crippen molar-refractivity contribution in [1.82, 2.24) is 0 Å². The summed E-state index contributed by atoms with van der Waals surface area (Å²) in [5.41, 5.74) is 0. The van der Waals surface area contributed by atoms with Gasteiger partial charge >= 0.3 is 29.8 Å². The van der Waals surface area contributed by atoms with E-state index in [1.807, 2.05) is 6.07 Å². The fourth-order valence-electron chi connectivity index (χ4n) is 3.64. The summed E-state index contributed by atoms with van der Waals surface area (Å²) in [7, 11) is 0. The molecule has 2 aliphatic rings. The lowest BCUT2D eigenvalue weighted by Crippen LogP contribution is -2.63. The minimum atomic E-state index is -1.47. The van der Waals surface area contributed by atoms with Crippen molar-refractivity contribution in [2.45, 2.75) is 83.6 Å². The van der Waals surface area contributed by atoms with Gasteiger partial charge in [0.05, 0.1) is 6.07 Å². The first-order valence-electron chi connectivity index (χ1n) is 11.2. The molecule has 0 bridgehead atoms. The van der Waals surface area contributed by atoms with Crippen LogP contribution in [0.2, 0.25) is 0 Å². The average molecular weight is 527 g/mol. The molecule has 1 fully saturated rings. The Morgan fingerprint density at radius 2 is 1.22 bits per heavy atom. The van der Waals surface area contributed by atoms with E-state index in [4.69, 9.17) is 37.9 Å². The maximum Gasteiger partial charge on any atom is 0.303 e. The smallest absolute Gasteiger partial charge is 0.303 e. The molecule has 2 rings (SSSR count). The molecular weight excluding hydrogens is 498 g/mol. The molecule has 14 nitrogen and oxygen atoms in total. The molecule has 1 saturated heterocycles. The first kappa shape index (κ1) is 29.7. The van der Waals surface area contributed by atoms with Crippen LogP contribution in [0.1, 0.15) is 34.6 Å². The van der Waals surface area contributed by atoms with Crippen LogP contribution in [-0.4, -0.2) is 92.1 Å². The van der Waals surface area contributed by atoms with Gasteiger partial charge in [-0.15, -0.1) is 0 Å². The molecular formula is C23H29NO13. The largest absolute Gasteiger partial charge is 0.463 e. The summed E-state index contributed by atoms with van der Waals surface area (Å²) >= 11 is 0. The SMILES string of the molecule is CC(=O)OC[C@H]1O[C@@H](O[C@H]2C=C[C@@H](C#N)O[C@@H]2COC(C)=O)[C@H](OC(C)=O)[C@@H](OC(C)=O)[C@@H]1OC(C)=O. The van der Waals surface area contributed by atoms with E-state index >= 15 is 0 Å². The summed E-state index contributed by atoms with van der Waals surface area (Å²) < 4.78 is 43.5. The van der Waals surface area contributed by atoms with Crippen LogP contribution in [0.5, 0.6) is 0 Å². The van der Waals surface area contributed by atoms with Crippen molar-refractivity contribution >= 4 is 29.8 Å². The van der Waals surface area contributed by atoms with Gasteiger partial charge in [-0.05, 0) is 6.08 Å². The first-order chi connectivity index (χ1) is 17.4. The summed E-state index contributed by atoms with van der Waals surface area (Å²) in [4.78, 5) is 58.5. The van der Waals surface area contributed by atoms with Gasteiger partial charge in [0.2, 0.25) is 0 Å². The molecule has 0 aliphatic carbocycles. The van der Waals surface area contributed by atoms with E-state index in [0.29, 0.717) is 0 Å². The van der Waals surface area contributed by atoms with Gasteiger partial charge < -0.3 is 37.9 Å². The number of nitrogens with zero attached hydrogens (tertiary/aromatic N) is 1. The van der Waals surface area contributed by atoms with Crippen LogP contribution in [0.4, 0.5) is 0 Å². The number of nitriles is 1. The van der Waals surface area contributed by atoms with Crippen molar-refractivity contribution in [2.75, 3.05) is 13.2 Å². The molecule has 0 unspecified atom stereocenters. The topological polar surface area (TPSA) is 183 Å². The second kappa shape index (κ2) is 13.7. The fourth-order valence-corrected chi connectivity index (χ4v) is 3.64. The van der Waals surface area contributed by atoms with Crippen LogP contribution >= 0.6 is 0 Å². The molecule has 0 N–H and O–H groups in total. The predicted molar refractivity (Wildman–Crippen MR) is 117 cm³/mol. The normalized spacial score (nSPS) is 30.8. The zero-order valence-electron chi connectivity index (χ0n) is 20.9. The Bertz CT molecular complexity index is 941. The summed E-state index contributed by atoms with van der Waals surface area (Å²) in [5.74, 6) is -3.63. The minimum Gasteiger partial charge on any atom is -0.463 e. The third kappa shape index (κ3) is 9.12. The van der Waals surface area contributed by atoms with E-state index in [1.165, 1.54) is 19.1 Å². The zero-order chi connectivity index (χ0) is 27.7. The Morgan fingerprint density at radius 1 is 0.703 bits per heavy atom. The van der Waals surface area contributed by atoms with Crippen LogP contribution in [0.3, 0.4) is 0 Å². The zero-order valence-corrected chi connectivity index (χ0v) is 20.9. The quantitative estimate of drug-likeness (QED) is 0.219. The number of hydrogen-bond acceptors (Lipinski definition) is 14. The summed E-state index contributed by atoms with van der Waals surface area (Å²) in [6.07, 6.45) is -6.93. The predicted octanol–water partition coefficient (Wildman–Crippen LogP) is -0.135. The molecule has 0 amide bonds. The van der Waals surface area contributed by atoms with Crippen LogP contribution < -0.4 is 0 Å². The Morgan fingerprint density at radius 3 is 1.73 bits per heavy atom. The Balaban J connectivity index is 2.44. The lowest BCUT2D eigenvalue weighted by atomic mass is 9.97. The number of carbonyl (C=O) groups excluding carboxylic acids is 5. The lowest BCUT2D eigenvalue weighted by molar-refractivity contribution is -0.320. The average Bonchev–Trinajstić information content (AvgIpc) is 2.79. The highest BCUT2D eigenvalue weighted by Crippen LogP contribution is 2.32. The van der Waals surface area contributed by atoms with Crippen LogP contribution in [0.25, 0.3) is 0 Å². The number of esters is 5. The minimum absolute atomic E-state index is 0.284. The molecule has 0 saturated carbocycles. The molecule has 204 valence electrons. The van der Waals surface area contributed by atoms with Crippen LogP contribution in [-0.2, 0) is 61.9 Å². The van der Waals surface area contributed by atoms with Gasteiger partial charge in [0.15, 0.2) is 30.7 Å². The van der Waals surface area contributed by atoms with Crippen LogP contribution in [0.15, 0.2) is 12.2 Å². The number of carbonyl (C=O) groups is 5. The Hall–Kier alpha value is -3.54. The van der Waals surface area contributed by atoms with E-state index in [1.54, 1.807) is 0 Å². The Kier molecular flexibility index (Phi) is 11.0. The Labute approximate surface area is 212 Å². The molecule has 0 aromatic rings. The number of ether oxygens (including phenoxy) is 8. The molecule has 8 atom stereocenters. The second-order valence-electron chi connectivity index (χ2n) is 8.08. The molecule has 14 heteroatoms.